The summed E-state index contributed by atoms with van der Waals surface area (Å²) in [5.41, 5.74) is 2.40. The van der Waals surface area contributed by atoms with Crippen molar-refractivity contribution >= 4 is 25.8 Å². The van der Waals surface area contributed by atoms with Gasteiger partial charge in [0.25, 0.3) is 0 Å². The first-order chi connectivity index (χ1) is 8.66. The van der Waals surface area contributed by atoms with E-state index in [1.54, 1.807) is 0 Å². The van der Waals surface area contributed by atoms with Gasteiger partial charge in [-0.25, -0.2) is 0 Å². The standard InChI is InChI=1S/C15H17BOP/c1-12(2)13-7-6-8-14(11-13)16-18(17)15-9-4-3-5-10-15/h3-12,17H,1-2H3. The molecule has 2 aromatic carbocycles. The van der Waals surface area contributed by atoms with Crippen molar-refractivity contribution in [2.24, 2.45) is 0 Å². The molecule has 0 saturated heterocycles. The smallest absolute Gasteiger partial charge is 0.228 e. The van der Waals surface area contributed by atoms with Crippen LogP contribution < -0.4 is 10.8 Å². The second-order valence-electron chi connectivity index (χ2n) is 4.63. The van der Waals surface area contributed by atoms with Gasteiger partial charge in [0.05, 0.1) is 0 Å². The van der Waals surface area contributed by atoms with Gasteiger partial charge in [0.2, 0.25) is 7.00 Å². The van der Waals surface area contributed by atoms with Crippen LogP contribution in [0, 0.1) is 0 Å². The number of benzene rings is 2. The fraction of sp³-hybridized carbons (Fsp3) is 0.200. The molecule has 0 fully saturated rings. The van der Waals surface area contributed by atoms with Crippen LogP contribution in [0.15, 0.2) is 54.6 Å². The zero-order valence-electron chi connectivity index (χ0n) is 10.7. The molecule has 2 aromatic rings. The SMILES string of the molecule is CC(C)c1cccc([B]P(O)c2ccccc2)c1. The topological polar surface area (TPSA) is 20.2 Å². The van der Waals surface area contributed by atoms with Gasteiger partial charge in [-0.15, -0.1) is 0 Å². The number of hydrogen-bond donors (Lipinski definition) is 1. The Morgan fingerprint density at radius 2 is 1.72 bits per heavy atom. The van der Waals surface area contributed by atoms with Crippen molar-refractivity contribution in [1.82, 2.24) is 0 Å². The van der Waals surface area contributed by atoms with Crippen LogP contribution in [0.4, 0.5) is 0 Å². The van der Waals surface area contributed by atoms with Crippen molar-refractivity contribution in [2.75, 3.05) is 0 Å². The third-order valence-corrected chi connectivity index (χ3v) is 4.24. The Labute approximate surface area is 111 Å². The van der Waals surface area contributed by atoms with E-state index in [1.165, 1.54) is 5.56 Å². The Kier molecular flexibility index (Phi) is 4.57. The van der Waals surface area contributed by atoms with E-state index in [0.717, 1.165) is 10.8 Å². The molecule has 0 bridgehead atoms. The molecule has 0 aliphatic carbocycles. The minimum atomic E-state index is -1.21. The Balaban J connectivity index is 2.12. The van der Waals surface area contributed by atoms with Crippen molar-refractivity contribution in [3.8, 4) is 0 Å². The molecule has 1 atom stereocenters. The molecule has 91 valence electrons. The molecule has 18 heavy (non-hydrogen) atoms. The van der Waals surface area contributed by atoms with Crippen LogP contribution in [0.1, 0.15) is 25.3 Å². The van der Waals surface area contributed by atoms with Crippen LogP contribution in [-0.2, 0) is 0 Å². The predicted molar refractivity (Wildman–Crippen MR) is 81.1 cm³/mol. The highest BCUT2D eigenvalue weighted by atomic mass is 31.1. The van der Waals surface area contributed by atoms with E-state index in [1.807, 2.05) is 43.4 Å². The summed E-state index contributed by atoms with van der Waals surface area (Å²) in [6, 6.07) is 18.2. The van der Waals surface area contributed by atoms with Gasteiger partial charge in [-0.2, -0.15) is 0 Å². The molecular formula is C15H17BOP. The molecule has 0 saturated carbocycles. The minimum Gasteiger partial charge on any atom is -0.379 e. The highest BCUT2D eigenvalue weighted by Crippen LogP contribution is 2.25. The summed E-state index contributed by atoms with van der Waals surface area (Å²) in [6.07, 6.45) is 0. The molecule has 2 rings (SSSR count). The maximum absolute atomic E-state index is 10.2. The molecule has 3 heteroatoms. The quantitative estimate of drug-likeness (QED) is 0.657. The molecule has 1 nitrogen and oxygen atoms in total. The van der Waals surface area contributed by atoms with Gasteiger partial charge in [-0.1, -0.05) is 73.9 Å². The Hall–Kier alpha value is -1.11. The molecule has 0 aliphatic rings. The normalized spacial score (nSPS) is 12.4. The van der Waals surface area contributed by atoms with E-state index in [9.17, 15) is 4.89 Å². The summed E-state index contributed by atoms with van der Waals surface area (Å²) >= 11 is 0. The van der Waals surface area contributed by atoms with Crippen molar-refractivity contribution in [3.05, 3.63) is 60.2 Å². The zero-order valence-corrected chi connectivity index (χ0v) is 11.6. The van der Waals surface area contributed by atoms with E-state index in [2.05, 4.69) is 32.0 Å². The monoisotopic (exact) mass is 255 g/mol. The second kappa shape index (κ2) is 6.18. The van der Waals surface area contributed by atoms with E-state index in [-0.39, 0.29) is 0 Å². The maximum Gasteiger partial charge on any atom is 0.228 e. The highest BCUT2D eigenvalue weighted by Gasteiger charge is 2.11. The molecule has 0 amide bonds. The number of hydrogen-bond acceptors (Lipinski definition) is 1. The summed E-state index contributed by atoms with van der Waals surface area (Å²) in [4.78, 5) is 10.2. The first-order valence-corrected chi connectivity index (χ1v) is 7.51. The van der Waals surface area contributed by atoms with Gasteiger partial charge in [0.1, 0.15) is 0 Å². The van der Waals surface area contributed by atoms with Gasteiger partial charge < -0.3 is 4.89 Å². The molecule has 1 unspecified atom stereocenters. The molecular weight excluding hydrogens is 238 g/mol. The van der Waals surface area contributed by atoms with E-state index in [4.69, 9.17) is 0 Å². The molecule has 0 aromatic heterocycles. The van der Waals surface area contributed by atoms with Crippen LogP contribution in [0.25, 0.3) is 0 Å². The van der Waals surface area contributed by atoms with Gasteiger partial charge in [0.15, 0.2) is 0 Å². The molecule has 1 N–H and O–H groups in total. The lowest BCUT2D eigenvalue weighted by Crippen LogP contribution is -2.17. The second-order valence-corrected chi connectivity index (χ2v) is 6.10. The minimum absolute atomic E-state index is 0.514. The average Bonchev–Trinajstić information content (AvgIpc) is 2.40. The van der Waals surface area contributed by atoms with Gasteiger partial charge in [0, 0.05) is 8.03 Å². The zero-order chi connectivity index (χ0) is 13.0. The lowest BCUT2D eigenvalue weighted by molar-refractivity contribution is 0.649. The molecule has 1 radical (unpaired) electrons. The van der Waals surface area contributed by atoms with Crippen molar-refractivity contribution < 1.29 is 4.89 Å². The van der Waals surface area contributed by atoms with Crippen LogP contribution in [-0.4, -0.2) is 11.9 Å². The molecule has 0 heterocycles. The Morgan fingerprint density at radius 1 is 1.00 bits per heavy atom. The van der Waals surface area contributed by atoms with Crippen LogP contribution in [0.2, 0.25) is 0 Å². The summed E-state index contributed by atoms with van der Waals surface area (Å²) in [5, 5.41) is 0.988. The average molecular weight is 255 g/mol. The van der Waals surface area contributed by atoms with Crippen LogP contribution in [0.5, 0.6) is 0 Å². The summed E-state index contributed by atoms with van der Waals surface area (Å²) in [5.74, 6) is 0.514. The number of rotatable bonds is 4. The summed E-state index contributed by atoms with van der Waals surface area (Å²) in [7, 11) is -1.21. The van der Waals surface area contributed by atoms with E-state index < -0.39 is 8.03 Å². The maximum atomic E-state index is 10.2. The molecule has 0 spiro atoms. The first kappa shape index (κ1) is 13.3. The van der Waals surface area contributed by atoms with Crippen molar-refractivity contribution in [2.45, 2.75) is 19.8 Å². The predicted octanol–water partition coefficient (Wildman–Crippen LogP) is 2.77. The Bertz CT molecular complexity index is 499. The summed E-state index contributed by atoms with van der Waals surface area (Å²) in [6.45, 7) is 6.31. The van der Waals surface area contributed by atoms with Crippen molar-refractivity contribution in [3.63, 3.8) is 0 Å². The van der Waals surface area contributed by atoms with Crippen molar-refractivity contribution in [1.29, 1.82) is 0 Å². The van der Waals surface area contributed by atoms with Gasteiger partial charge in [-0.05, 0) is 16.8 Å². The lowest BCUT2D eigenvalue weighted by Gasteiger charge is -2.11. The summed E-state index contributed by atoms with van der Waals surface area (Å²) < 4.78 is 0. The van der Waals surface area contributed by atoms with Gasteiger partial charge >= 0.3 is 0 Å². The van der Waals surface area contributed by atoms with E-state index >= 15 is 0 Å². The Morgan fingerprint density at radius 3 is 2.39 bits per heavy atom. The van der Waals surface area contributed by atoms with Crippen LogP contribution >= 0.6 is 8.03 Å². The third-order valence-electron chi connectivity index (χ3n) is 2.87. The van der Waals surface area contributed by atoms with Gasteiger partial charge in [-0.3, -0.25) is 0 Å². The fourth-order valence-corrected chi connectivity index (χ4v) is 2.86. The first-order valence-electron chi connectivity index (χ1n) is 6.15. The van der Waals surface area contributed by atoms with Crippen LogP contribution in [0.3, 0.4) is 0 Å². The van der Waals surface area contributed by atoms with E-state index in [0.29, 0.717) is 5.92 Å². The largest absolute Gasteiger partial charge is 0.379 e. The third kappa shape index (κ3) is 3.44. The fourth-order valence-electron chi connectivity index (χ4n) is 1.79. The lowest BCUT2D eigenvalue weighted by atomic mass is 9.90. The highest BCUT2D eigenvalue weighted by molar-refractivity contribution is 7.89. The molecule has 0 aliphatic heterocycles.